The molecular formula is C27H25FN2O3. The number of methoxy groups -OCH3 is 2. The first-order valence-corrected chi connectivity index (χ1v) is 10.6. The Morgan fingerprint density at radius 1 is 0.970 bits per heavy atom. The van der Waals surface area contributed by atoms with Crippen molar-refractivity contribution < 1.29 is 18.7 Å². The maximum absolute atomic E-state index is 13.8. The lowest BCUT2D eigenvalue weighted by molar-refractivity contribution is -0.115. The van der Waals surface area contributed by atoms with Crippen LogP contribution in [0.4, 0.5) is 10.1 Å². The molecule has 33 heavy (non-hydrogen) atoms. The Kier molecular flexibility index (Phi) is 6.27. The predicted molar refractivity (Wildman–Crippen MR) is 129 cm³/mol. The van der Waals surface area contributed by atoms with E-state index in [1.54, 1.807) is 55.5 Å². The topological polar surface area (TPSA) is 51.1 Å². The first-order chi connectivity index (χ1) is 15.9. The van der Waals surface area contributed by atoms with Crippen LogP contribution in [0, 0.1) is 5.82 Å². The predicted octanol–water partition coefficient (Wildman–Crippen LogP) is 5.48. The number of hydrogen-bond donors (Lipinski definition) is 0. The summed E-state index contributed by atoms with van der Waals surface area (Å²) < 4.78 is 24.5. The van der Waals surface area contributed by atoms with Gasteiger partial charge in [0.05, 0.1) is 25.6 Å². The minimum atomic E-state index is -0.335. The highest BCUT2D eigenvalue weighted by Gasteiger charge is 2.30. The van der Waals surface area contributed by atoms with Crippen LogP contribution in [0.3, 0.4) is 0 Å². The fraction of sp³-hybridized carbons (Fsp3) is 0.185. The van der Waals surface area contributed by atoms with E-state index in [2.05, 4.69) is 0 Å². The first kappa shape index (κ1) is 22.3. The fourth-order valence-electron chi connectivity index (χ4n) is 3.88. The van der Waals surface area contributed by atoms with Crippen molar-refractivity contribution in [2.75, 3.05) is 19.1 Å². The van der Waals surface area contributed by atoms with E-state index in [0.717, 1.165) is 11.3 Å². The van der Waals surface area contributed by atoms with Crippen LogP contribution in [0.25, 0.3) is 6.08 Å². The summed E-state index contributed by atoms with van der Waals surface area (Å²) in [6, 6.07) is 19.0. The number of anilines is 1. The van der Waals surface area contributed by atoms with Gasteiger partial charge in [0.15, 0.2) is 0 Å². The van der Waals surface area contributed by atoms with Gasteiger partial charge in [-0.25, -0.2) is 9.38 Å². The molecule has 0 N–H and O–H groups in total. The van der Waals surface area contributed by atoms with E-state index in [-0.39, 0.29) is 23.5 Å². The molecule has 6 heteroatoms. The van der Waals surface area contributed by atoms with E-state index in [0.29, 0.717) is 28.3 Å². The third-order valence-electron chi connectivity index (χ3n) is 5.45. The largest absolute Gasteiger partial charge is 0.497 e. The number of aliphatic imine (C=N–C) groups is 1. The Morgan fingerprint density at radius 3 is 2.36 bits per heavy atom. The average Bonchev–Trinajstić information content (AvgIpc) is 2.94. The number of carbonyl (C=O) groups excluding carboxylic acids is 1. The molecule has 1 amide bonds. The lowest BCUT2D eigenvalue weighted by Gasteiger charge is -2.27. The van der Waals surface area contributed by atoms with Gasteiger partial charge in [0, 0.05) is 22.7 Å². The molecule has 0 atom stereocenters. The Hall–Kier alpha value is -3.93. The molecule has 1 aliphatic heterocycles. The number of rotatable bonds is 5. The summed E-state index contributed by atoms with van der Waals surface area (Å²) in [5, 5.41) is 0. The summed E-state index contributed by atoms with van der Waals surface area (Å²) in [5.74, 6) is 0.653. The molecule has 0 saturated heterocycles. The minimum Gasteiger partial charge on any atom is -0.497 e. The number of nitrogens with zero attached hydrogens (tertiary/aromatic N) is 2. The van der Waals surface area contributed by atoms with Crippen LogP contribution >= 0.6 is 0 Å². The monoisotopic (exact) mass is 444 g/mol. The summed E-state index contributed by atoms with van der Waals surface area (Å²) in [6.45, 7) is 3.92. The minimum absolute atomic E-state index is 0.114. The maximum atomic E-state index is 13.8. The van der Waals surface area contributed by atoms with Gasteiger partial charge in [0.1, 0.15) is 23.0 Å². The van der Waals surface area contributed by atoms with Crippen LogP contribution in [-0.2, 0) is 4.79 Å². The van der Waals surface area contributed by atoms with Gasteiger partial charge in [-0.1, -0.05) is 18.2 Å². The van der Waals surface area contributed by atoms with E-state index >= 15 is 0 Å². The van der Waals surface area contributed by atoms with Crippen molar-refractivity contribution in [2.45, 2.75) is 19.9 Å². The van der Waals surface area contributed by atoms with Gasteiger partial charge >= 0.3 is 0 Å². The van der Waals surface area contributed by atoms with Crippen LogP contribution < -0.4 is 14.4 Å². The number of halogens is 1. The van der Waals surface area contributed by atoms with Crippen LogP contribution in [0.5, 0.6) is 11.5 Å². The molecule has 1 aliphatic rings. The van der Waals surface area contributed by atoms with E-state index in [1.807, 2.05) is 38.1 Å². The molecule has 168 valence electrons. The van der Waals surface area contributed by atoms with E-state index < -0.39 is 0 Å². The summed E-state index contributed by atoms with van der Waals surface area (Å²) in [5.41, 5.74) is 3.76. The first-order valence-electron chi connectivity index (χ1n) is 10.6. The molecule has 5 nitrogen and oxygen atoms in total. The van der Waals surface area contributed by atoms with Crippen LogP contribution in [0.2, 0.25) is 0 Å². The Morgan fingerprint density at radius 2 is 1.70 bits per heavy atom. The van der Waals surface area contributed by atoms with Crippen molar-refractivity contribution in [3.63, 3.8) is 0 Å². The second-order valence-corrected chi connectivity index (χ2v) is 7.89. The lowest BCUT2D eigenvalue weighted by atomic mass is 10.00. The SMILES string of the molecule is COc1ccc(OC)c(/C=C2\N=C(c3ccc(F)cc3)c3ccccc3N(C(C)C)C2=O)c1. The number of benzene rings is 3. The zero-order chi connectivity index (χ0) is 23.5. The van der Waals surface area contributed by atoms with Crippen molar-refractivity contribution in [3.8, 4) is 11.5 Å². The fourth-order valence-corrected chi connectivity index (χ4v) is 3.88. The maximum Gasteiger partial charge on any atom is 0.277 e. The smallest absolute Gasteiger partial charge is 0.277 e. The van der Waals surface area contributed by atoms with Gasteiger partial charge in [-0.05, 0) is 68.5 Å². The molecule has 0 unspecified atom stereocenters. The Bertz CT molecular complexity index is 1250. The van der Waals surface area contributed by atoms with Crippen LogP contribution in [0.1, 0.15) is 30.5 Å². The zero-order valence-electron chi connectivity index (χ0n) is 19.0. The molecular weight excluding hydrogens is 419 g/mol. The van der Waals surface area contributed by atoms with E-state index in [1.165, 1.54) is 12.1 Å². The lowest BCUT2D eigenvalue weighted by Crippen LogP contribution is -2.37. The molecule has 0 aromatic heterocycles. The molecule has 1 heterocycles. The van der Waals surface area contributed by atoms with Gasteiger partial charge in [-0.3, -0.25) is 4.79 Å². The second-order valence-electron chi connectivity index (χ2n) is 7.89. The third-order valence-corrected chi connectivity index (χ3v) is 5.45. The van der Waals surface area contributed by atoms with Crippen molar-refractivity contribution in [1.82, 2.24) is 0 Å². The summed E-state index contributed by atoms with van der Waals surface area (Å²) in [6.07, 6.45) is 1.70. The molecule has 0 saturated carbocycles. The number of hydrogen-bond acceptors (Lipinski definition) is 4. The molecule has 0 fully saturated rings. The van der Waals surface area contributed by atoms with Crippen molar-refractivity contribution in [1.29, 1.82) is 0 Å². The van der Waals surface area contributed by atoms with E-state index in [4.69, 9.17) is 14.5 Å². The molecule has 3 aromatic rings. The van der Waals surface area contributed by atoms with Gasteiger partial charge in [-0.15, -0.1) is 0 Å². The molecule has 0 radical (unpaired) electrons. The number of ether oxygens (including phenoxy) is 2. The van der Waals surface area contributed by atoms with Gasteiger partial charge in [0.2, 0.25) is 0 Å². The van der Waals surface area contributed by atoms with Gasteiger partial charge < -0.3 is 14.4 Å². The average molecular weight is 445 g/mol. The number of para-hydroxylation sites is 1. The molecule has 0 spiro atoms. The van der Waals surface area contributed by atoms with Crippen molar-refractivity contribution >= 4 is 23.4 Å². The quantitative estimate of drug-likeness (QED) is 0.490. The number of benzodiazepines with no additional fused rings is 1. The number of carbonyl (C=O) groups is 1. The summed E-state index contributed by atoms with van der Waals surface area (Å²) in [7, 11) is 3.15. The zero-order valence-corrected chi connectivity index (χ0v) is 19.0. The third kappa shape index (κ3) is 4.37. The molecule has 0 bridgehead atoms. The number of amides is 1. The standard InChI is InChI=1S/C27H25FN2O3/c1-17(2)30-24-8-6-5-7-22(24)26(18-9-11-20(28)12-10-18)29-23(27(30)31)16-19-15-21(32-3)13-14-25(19)33-4/h5-17H,1-4H3/b23-16-. The molecule has 0 aliphatic carbocycles. The highest BCUT2D eigenvalue weighted by molar-refractivity contribution is 6.23. The van der Waals surface area contributed by atoms with E-state index in [9.17, 15) is 9.18 Å². The Labute approximate surface area is 192 Å². The van der Waals surface area contributed by atoms with Crippen LogP contribution in [0.15, 0.2) is 77.4 Å². The highest BCUT2D eigenvalue weighted by Crippen LogP contribution is 2.33. The van der Waals surface area contributed by atoms with Crippen molar-refractivity contribution in [3.05, 3.63) is 94.9 Å². The van der Waals surface area contributed by atoms with Crippen molar-refractivity contribution in [2.24, 2.45) is 4.99 Å². The highest BCUT2D eigenvalue weighted by atomic mass is 19.1. The normalized spacial score (nSPS) is 14.7. The molecule has 3 aromatic carbocycles. The summed E-state index contributed by atoms with van der Waals surface area (Å²) >= 11 is 0. The second kappa shape index (κ2) is 9.28. The van der Waals surface area contributed by atoms with Gasteiger partial charge in [0.25, 0.3) is 5.91 Å². The van der Waals surface area contributed by atoms with Crippen LogP contribution in [-0.4, -0.2) is 31.9 Å². The van der Waals surface area contributed by atoms with Gasteiger partial charge in [-0.2, -0.15) is 0 Å². The molecule has 4 rings (SSSR count). The summed E-state index contributed by atoms with van der Waals surface area (Å²) in [4.78, 5) is 20.3. The number of fused-ring (bicyclic) bond motifs is 1. The Balaban J connectivity index is 1.99.